The van der Waals surface area contributed by atoms with E-state index in [0.29, 0.717) is 13.1 Å². The van der Waals surface area contributed by atoms with E-state index < -0.39 is 0 Å². The van der Waals surface area contributed by atoms with Crippen molar-refractivity contribution >= 4 is 23.1 Å². The van der Waals surface area contributed by atoms with Crippen LogP contribution in [0.4, 0.5) is 10.5 Å². The third-order valence-corrected chi connectivity index (χ3v) is 6.18. The van der Waals surface area contributed by atoms with Gasteiger partial charge in [-0.15, -0.1) is 11.3 Å². The standard InChI is InChI=1S/C23H28N4O2S/c1-23(2,3)17-6-8-18(9-7-17)24-22(28)27-12-10-26(11-13-27)15-21-25-19(16-30-21)20-5-4-14-29-20/h4-9,14,16H,10-13,15H2,1-3H3,(H,24,28). The summed E-state index contributed by atoms with van der Waals surface area (Å²) >= 11 is 1.65. The number of thiazole rings is 1. The van der Waals surface area contributed by atoms with Crippen LogP contribution in [0.2, 0.25) is 0 Å². The van der Waals surface area contributed by atoms with Crippen molar-refractivity contribution in [1.29, 1.82) is 0 Å². The second kappa shape index (κ2) is 8.62. The lowest BCUT2D eigenvalue weighted by atomic mass is 9.87. The summed E-state index contributed by atoms with van der Waals surface area (Å²) in [7, 11) is 0. The van der Waals surface area contributed by atoms with Gasteiger partial charge >= 0.3 is 6.03 Å². The summed E-state index contributed by atoms with van der Waals surface area (Å²) < 4.78 is 5.41. The topological polar surface area (TPSA) is 61.6 Å². The van der Waals surface area contributed by atoms with Crippen molar-refractivity contribution in [2.45, 2.75) is 32.7 Å². The Bertz CT molecular complexity index is 966. The summed E-state index contributed by atoms with van der Waals surface area (Å²) in [5, 5.41) is 6.12. The van der Waals surface area contributed by atoms with E-state index in [4.69, 9.17) is 4.42 Å². The van der Waals surface area contributed by atoms with Gasteiger partial charge in [-0.2, -0.15) is 0 Å². The van der Waals surface area contributed by atoms with E-state index in [2.05, 4.69) is 48.1 Å². The van der Waals surface area contributed by atoms with Crippen LogP contribution < -0.4 is 5.32 Å². The first kappa shape index (κ1) is 20.6. The van der Waals surface area contributed by atoms with Crippen molar-refractivity contribution in [2.75, 3.05) is 31.5 Å². The minimum Gasteiger partial charge on any atom is -0.463 e. The maximum Gasteiger partial charge on any atom is 0.321 e. The molecule has 6 nitrogen and oxygen atoms in total. The SMILES string of the molecule is CC(C)(C)c1ccc(NC(=O)N2CCN(Cc3nc(-c4ccco4)cs3)CC2)cc1. The lowest BCUT2D eigenvalue weighted by Gasteiger charge is -2.34. The van der Waals surface area contributed by atoms with Crippen LogP contribution in [0.3, 0.4) is 0 Å². The number of piperazine rings is 1. The Morgan fingerprint density at radius 1 is 1.13 bits per heavy atom. The molecule has 0 bridgehead atoms. The minimum atomic E-state index is -0.0347. The molecule has 1 aliphatic rings. The average Bonchev–Trinajstić information content (AvgIpc) is 3.40. The van der Waals surface area contributed by atoms with Crippen molar-refractivity contribution in [2.24, 2.45) is 0 Å². The number of hydrogen-bond acceptors (Lipinski definition) is 5. The van der Waals surface area contributed by atoms with E-state index in [1.165, 1.54) is 5.56 Å². The Kier molecular flexibility index (Phi) is 5.92. The van der Waals surface area contributed by atoms with E-state index in [1.54, 1.807) is 17.6 Å². The van der Waals surface area contributed by atoms with Crippen LogP contribution in [0, 0.1) is 0 Å². The third-order valence-electron chi connectivity index (χ3n) is 5.35. The zero-order chi connectivity index (χ0) is 21.1. The van der Waals surface area contributed by atoms with Crippen molar-refractivity contribution < 1.29 is 9.21 Å². The molecule has 0 unspecified atom stereocenters. The molecule has 3 heterocycles. The zero-order valence-electron chi connectivity index (χ0n) is 17.7. The number of carbonyl (C=O) groups excluding carboxylic acids is 1. The van der Waals surface area contributed by atoms with E-state index in [-0.39, 0.29) is 11.4 Å². The van der Waals surface area contributed by atoms with Gasteiger partial charge in [0.15, 0.2) is 5.76 Å². The van der Waals surface area contributed by atoms with Gasteiger partial charge in [-0.25, -0.2) is 9.78 Å². The predicted octanol–water partition coefficient (Wildman–Crippen LogP) is 5.05. The van der Waals surface area contributed by atoms with E-state index in [0.717, 1.165) is 41.8 Å². The Labute approximate surface area is 181 Å². The molecule has 7 heteroatoms. The Morgan fingerprint density at radius 3 is 2.50 bits per heavy atom. The largest absolute Gasteiger partial charge is 0.463 e. The zero-order valence-corrected chi connectivity index (χ0v) is 18.5. The van der Waals surface area contributed by atoms with Crippen LogP contribution in [0.1, 0.15) is 31.3 Å². The fraction of sp³-hybridized carbons (Fsp3) is 0.391. The fourth-order valence-electron chi connectivity index (χ4n) is 3.48. The third kappa shape index (κ3) is 4.91. The van der Waals surface area contributed by atoms with Crippen LogP contribution in [0.15, 0.2) is 52.5 Å². The molecule has 2 amide bonds. The summed E-state index contributed by atoms with van der Waals surface area (Å²) in [5.74, 6) is 0.800. The van der Waals surface area contributed by atoms with Gasteiger partial charge in [-0.05, 0) is 35.2 Å². The second-order valence-corrected chi connectivity index (χ2v) is 9.57. The summed E-state index contributed by atoms with van der Waals surface area (Å²) in [6.07, 6.45) is 1.66. The molecule has 1 fully saturated rings. The minimum absolute atomic E-state index is 0.0347. The smallest absolute Gasteiger partial charge is 0.321 e. The quantitative estimate of drug-likeness (QED) is 0.637. The van der Waals surface area contributed by atoms with Crippen LogP contribution in [0.25, 0.3) is 11.5 Å². The number of nitrogens with zero attached hydrogens (tertiary/aromatic N) is 3. The summed E-state index contributed by atoms with van der Waals surface area (Å²) in [6, 6.07) is 11.9. The summed E-state index contributed by atoms with van der Waals surface area (Å²) in [5.41, 5.74) is 3.08. The molecular formula is C23H28N4O2S. The van der Waals surface area contributed by atoms with Crippen molar-refractivity contribution in [3.63, 3.8) is 0 Å². The van der Waals surface area contributed by atoms with Crippen LogP contribution in [0.5, 0.6) is 0 Å². The molecule has 0 spiro atoms. The lowest BCUT2D eigenvalue weighted by molar-refractivity contribution is 0.143. The van der Waals surface area contributed by atoms with Crippen LogP contribution in [-0.2, 0) is 12.0 Å². The Hall–Kier alpha value is -2.64. The van der Waals surface area contributed by atoms with Crippen LogP contribution in [-0.4, -0.2) is 47.0 Å². The van der Waals surface area contributed by atoms with Gasteiger partial charge in [0, 0.05) is 37.2 Å². The summed E-state index contributed by atoms with van der Waals surface area (Å²) in [4.78, 5) is 21.5. The highest BCUT2D eigenvalue weighted by Crippen LogP contribution is 2.24. The number of urea groups is 1. The number of benzene rings is 1. The monoisotopic (exact) mass is 424 g/mol. The first-order chi connectivity index (χ1) is 14.4. The van der Waals surface area contributed by atoms with Crippen molar-refractivity contribution in [3.05, 3.63) is 58.6 Å². The van der Waals surface area contributed by atoms with Gasteiger partial charge in [0.05, 0.1) is 12.8 Å². The molecule has 3 aromatic rings. The van der Waals surface area contributed by atoms with Crippen molar-refractivity contribution in [3.8, 4) is 11.5 Å². The number of rotatable bonds is 4. The van der Waals surface area contributed by atoms with E-state index in [1.807, 2.05) is 34.5 Å². The Balaban J connectivity index is 1.26. The van der Waals surface area contributed by atoms with Crippen LogP contribution >= 0.6 is 11.3 Å². The maximum atomic E-state index is 12.6. The van der Waals surface area contributed by atoms with Gasteiger partial charge in [0.2, 0.25) is 0 Å². The number of aromatic nitrogens is 1. The molecule has 30 heavy (non-hydrogen) atoms. The van der Waals surface area contributed by atoms with Gasteiger partial charge < -0.3 is 14.6 Å². The molecule has 0 aliphatic carbocycles. The Morgan fingerprint density at radius 2 is 1.87 bits per heavy atom. The lowest BCUT2D eigenvalue weighted by Crippen LogP contribution is -2.49. The molecule has 1 saturated heterocycles. The number of furan rings is 1. The predicted molar refractivity (Wildman–Crippen MR) is 121 cm³/mol. The molecule has 4 rings (SSSR count). The number of anilines is 1. The molecule has 1 N–H and O–H groups in total. The van der Waals surface area contributed by atoms with Gasteiger partial charge in [0.25, 0.3) is 0 Å². The van der Waals surface area contributed by atoms with E-state index in [9.17, 15) is 4.79 Å². The fourth-order valence-corrected chi connectivity index (χ4v) is 4.30. The van der Waals surface area contributed by atoms with Gasteiger partial charge in [0.1, 0.15) is 10.7 Å². The highest BCUT2D eigenvalue weighted by molar-refractivity contribution is 7.09. The summed E-state index contributed by atoms with van der Waals surface area (Å²) in [6.45, 7) is 10.5. The molecule has 0 radical (unpaired) electrons. The molecule has 1 aromatic carbocycles. The van der Waals surface area contributed by atoms with Crippen molar-refractivity contribution in [1.82, 2.24) is 14.8 Å². The molecule has 0 atom stereocenters. The number of amides is 2. The highest BCUT2D eigenvalue weighted by atomic mass is 32.1. The number of carbonyl (C=O) groups is 1. The molecule has 1 aliphatic heterocycles. The molecular weight excluding hydrogens is 396 g/mol. The second-order valence-electron chi connectivity index (χ2n) is 8.62. The number of hydrogen-bond donors (Lipinski definition) is 1. The normalized spacial score (nSPS) is 15.4. The maximum absolute atomic E-state index is 12.6. The average molecular weight is 425 g/mol. The first-order valence-corrected chi connectivity index (χ1v) is 11.1. The van der Waals surface area contributed by atoms with Gasteiger partial charge in [-0.3, -0.25) is 4.90 Å². The molecule has 2 aromatic heterocycles. The molecule has 158 valence electrons. The number of nitrogens with one attached hydrogen (secondary N) is 1. The van der Waals surface area contributed by atoms with Gasteiger partial charge in [-0.1, -0.05) is 32.9 Å². The first-order valence-electron chi connectivity index (χ1n) is 10.3. The highest BCUT2D eigenvalue weighted by Gasteiger charge is 2.22. The molecule has 0 saturated carbocycles. The van der Waals surface area contributed by atoms with E-state index >= 15 is 0 Å².